The number of ketones is 1. The van der Waals surface area contributed by atoms with Crippen LogP contribution in [-0.2, 0) is 14.3 Å². The second kappa shape index (κ2) is 10.9. The Bertz CT molecular complexity index is 1030. The van der Waals surface area contributed by atoms with Gasteiger partial charge in [-0.25, -0.2) is 0 Å². The number of benzene rings is 2. The number of Topliss-reactive ketones (excluding diaryl/α,β-unsaturated/α-hetero) is 1. The number of methoxy groups -OCH3 is 3. The van der Waals surface area contributed by atoms with Crippen LogP contribution in [0.2, 0.25) is 0 Å². The van der Waals surface area contributed by atoms with Crippen LogP contribution in [0.1, 0.15) is 30.5 Å². The Kier molecular flexibility index (Phi) is 7.95. The van der Waals surface area contributed by atoms with Gasteiger partial charge in [-0.05, 0) is 55.3 Å². The highest BCUT2D eigenvalue weighted by molar-refractivity contribution is 6.46. The van der Waals surface area contributed by atoms with Crippen LogP contribution in [0, 0.1) is 0 Å². The molecule has 0 aliphatic carbocycles. The molecule has 0 radical (unpaired) electrons. The van der Waals surface area contributed by atoms with Gasteiger partial charge in [0.25, 0.3) is 11.7 Å². The highest BCUT2D eigenvalue weighted by Crippen LogP contribution is 2.42. The molecule has 0 saturated carbocycles. The lowest BCUT2D eigenvalue weighted by molar-refractivity contribution is -0.140. The highest BCUT2D eigenvalue weighted by Gasteiger charge is 2.46. The molecule has 0 spiro atoms. The molecule has 176 valence electrons. The predicted octanol–water partition coefficient (Wildman–Crippen LogP) is 3.56. The number of likely N-dealkylation sites (tertiary alicyclic amines) is 1. The highest BCUT2D eigenvalue weighted by atomic mass is 16.5. The van der Waals surface area contributed by atoms with Crippen LogP contribution >= 0.6 is 0 Å². The Morgan fingerprint density at radius 3 is 2.33 bits per heavy atom. The topological polar surface area (TPSA) is 94.5 Å². The second-order valence-electron chi connectivity index (χ2n) is 7.41. The SMILES string of the molecule is CCOc1ccc([C@H]2C(=C(O)c3ccc(OC)cc3)C(=O)C(=O)N2CCCOC)cc1OC. The lowest BCUT2D eigenvalue weighted by Gasteiger charge is -2.26. The van der Waals surface area contributed by atoms with Gasteiger partial charge in [-0.1, -0.05) is 6.07 Å². The molecule has 1 aliphatic heterocycles. The second-order valence-corrected chi connectivity index (χ2v) is 7.41. The Hall–Kier alpha value is -3.52. The van der Waals surface area contributed by atoms with Crippen molar-refractivity contribution in [3.63, 3.8) is 0 Å². The molecular formula is C25H29NO7. The third-order valence-corrected chi connectivity index (χ3v) is 5.45. The molecule has 1 aliphatic rings. The van der Waals surface area contributed by atoms with Crippen molar-refractivity contribution < 1.29 is 33.6 Å². The van der Waals surface area contributed by atoms with Gasteiger partial charge in [-0.3, -0.25) is 9.59 Å². The summed E-state index contributed by atoms with van der Waals surface area (Å²) in [6, 6.07) is 11.1. The lowest BCUT2D eigenvalue weighted by atomic mass is 9.95. The molecule has 3 rings (SSSR count). The molecule has 1 fully saturated rings. The molecule has 2 aromatic rings. The fourth-order valence-electron chi connectivity index (χ4n) is 3.87. The van der Waals surface area contributed by atoms with Crippen LogP contribution in [0.25, 0.3) is 5.76 Å². The molecule has 1 N–H and O–H groups in total. The van der Waals surface area contributed by atoms with Crippen LogP contribution in [0.15, 0.2) is 48.0 Å². The van der Waals surface area contributed by atoms with Crippen LogP contribution in [0.3, 0.4) is 0 Å². The van der Waals surface area contributed by atoms with Gasteiger partial charge < -0.3 is 29.0 Å². The van der Waals surface area contributed by atoms with E-state index in [0.717, 1.165) is 0 Å². The summed E-state index contributed by atoms with van der Waals surface area (Å²) in [5, 5.41) is 11.1. The average molecular weight is 456 g/mol. The normalized spacial score (nSPS) is 17.3. The molecule has 1 amide bonds. The van der Waals surface area contributed by atoms with E-state index in [1.807, 2.05) is 6.92 Å². The standard InChI is InChI=1S/C25H29NO7/c1-5-33-19-12-9-17(15-20(19)32-4)22-21(23(27)16-7-10-18(31-3)11-8-16)24(28)25(29)26(22)13-6-14-30-2/h7-12,15,22,27H,5-6,13-14H2,1-4H3/t22-/m0/s1. The van der Waals surface area contributed by atoms with Crippen molar-refractivity contribution >= 4 is 17.4 Å². The summed E-state index contributed by atoms with van der Waals surface area (Å²) in [4.78, 5) is 27.5. The predicted molar refractivity (Wildman–Crippen MR) is 123 cm³/mol. The zero-order valence-corrected chi connectivity index (χ0v) is 19.3. The molecule has 8 nitrogen and oxygen atoms in total. The fraction of sp³-hybridized carbons (Fsp3) is 0.360. The quantitative estimate of drug-likeness (QED) is 0.253. The van der Waals surface area contributed by atoms with E-state index < -0.39 is 17.7 Å². The Balaban J connectivity index is 2.13. The van der Waals surface area contributed by atoms with Gasteiger partial charge in [0.2, 0.25) is 0 Å². The van der Waals surface area contributed by atoms with Gasteiger partial charge in [-0.15, -0.1) is 0 Å². The van der Waals surface area contributed by atoms with Crippen LogP contribution in [0.5, 0.6) is 17.2 Å². The molecule has 1 atom stereocenters. The number of carbonyl (C=O) groups excluding carboxylic acids is 2. The van der Waals surface area contributed by atoms with Gasteiger partial charge in [0.05, 0.1) is 32.4 Å². The van der Waals surface area contributed by atoms with Gasteiger partial charge >= 0.3 is 0 Å². The van der Waals surface area contributed by atoms with E-state index in [9.17, 15) is 14.7 Å². The number of aliphatic hydroxyl groups excluding tert-OH is 1. The summed E-state index contributed by atoms with van der Waals surface area (Å²) in [7, 11) is 4.64. The van der Waals surface area contributed by atoms with Gasteiger partial charge in [0.1, 0.15) is 11.5 Å². The van der Waals surface area contributed by atoms with Crippen LogP contribution < -0.4 is 14.2 Å². The first kappa shape index (κ1) is 24.1. The first-order valence-electron chi connectivity index (χ1n) is 10.7. The molecule has 1 saturated heterocycles. The van der Waals surface area contributed by atoms with Gasteiger partial charge in [-0.2, -0.15) is 0 Å². The van der Waals surface area contributed by atoms with Crippen LogP contribution in [0.4, 0.5) is 0 Å². The third kappa shape index (κ3) is 4.96. The summed E-state index contributed by atoms with van der Waals surface area (Å²) in [5.74, 6) is -0.0171. The molecular weight excluding hydrogens is 426 g/mol. The number of ether oxygens (including phenoxy) is 4. The number of rotatable bonds is 10. The largest absolute Gasteiger partial charge is 0.507 e. The lowest BCUT2D eigenvalue weighted by Crippen LogP contribution is -2.31. The Morgan fingerprint density at radius 1 is 1.00 bits per heavy atom. The van der Waals surface area contributed by atoms with E-state index in [1.165, 1.54) is 12.0 Å². The number of hydrogen-bond acceptors (Lipinski definition) is 7. The maximum absolute atomic E-state index is 13.1. The van der Waals surface area contributed by atoms with E-state index in [4.69, 9.17) is 18.9 Å². The summed E-state index contributed by atoms with van der Waals surface area (Å²) < 4.78 is 21.3. The molecule has 1 heterocycles. The first-order chi connectivity index (χ1) is 16.0. The molecule has 33 heavy (non-hydrogen) atoms. The zero-order valence-electron chi connectivity index (χ0n) is 19.3. The number of carbonyl (C=O) groups is 2. The maximum atomic E-state index is 13.1. The van der Waals surface area contributed by atoms with Crippen molar-refractivity contribution in [1.82, 2.24) is 4.90 Å². The van der Waals surface area contributed by atoms with Crippen molar-refractivity contribution in [2.24, 2.45) is 0 Å². The minimum atomic E-state index is -0.784. The third-order valence-electron chi connectivity index (χ3n) is 5.45. The maximum Gasteiger partial charge on any atom is 0.295 e. The number of hydrogen-bond donors (Lipinski definition) is 1. The Labute approximate surface area is 193 Å². The van der Waals surface area contributed by atoms with E-state index >= 15 is 0 Å². The van der Waals surface area contributed by atoms with E-state index in [0.29, 0.717) is 48.0 Å². The summed E-state index contributed by atoms with van der Waals surface area (Å²) in [6.45, 7) is 3.05. The van der Waals surface area contributed by atoms with E-state index in [-0.39, 0.29) is 17.9 Å². The summed E-state index contributed by atoms with van der Waals surface area (Å²) >= 11 is 0. The van der Waals surface area contributed by atoms with Gasteiger partial charge in [0, 0.05) is 25.8 Å². The monoisotopic (exact) mass is 455 g/mol. The minimum absolute atomic E-state index is 0.0220. The number of amides is 1. The van der Waals surface area contributed by atoms with Crippen molar-refractivity contribution in [3.8, 4) is 17.2 Å². The van der Waals surface area contributed by atoms with Crippen molar-refractivity contribution in [2.45, 2.75) is 19.4 Å². The van der Waals surface area contributed by atoms with E-state index in [2.05, 4.69) is 0 Å². The van der Waals surface area contributed by atoms with E-state index in [1.54, 1.807) is 56.7 Å². The minimum Gasteiger partial charge on any atom is -0.507 e. The molecule has 0 unspecified atom stereocenters. The molecule has 2 aromatic carbocycles. The first-order valence-corrected chi connectivity index (χ1v) is 10.7. The van der Waals surface area contributed by atoms with Crippen molar-refractivity contribution in [1.29, 1.82) is 0 Å². The molecule has 0 aromatic heterocycles. The van der Waals surface area contributed by atoms with Gasteiger partial charge in [0.15, 0.2) is 11.5 Å². The van der Waals surface area contributed by atoms with Crippen molar-refractivity contribution in [2.75, 3.05) is 41.1 Å². The smallest absolute Gasteiger partial charge is 0.295 e. The Morgan fingerprint density at radius 2 is 1.73 bits per heavy atom. The number of aliphatic hydroxyl groups is 1. The number of nitrogens with zero attached hydrogens (tertiary/aromatic N) is 1. The average Bonchev–Trinajstić information content (AvgIpc) is 3.09. The zero-order chi connectivity index (χ0) is 24.0. The molecule has 0 bridgehead atoms. The summed E-state index contributed by atoms with van der Waals surface area (Å²) in [5.41, 5.74) is 1.06. The van der Waals surface area contributed by atoms with Crippen molar-refractivity contribution in [3.05, 3.63) is 59.2 Å². The summed E-state index contributed by atoms with van der Waals surface area (Å²) in [6.07, 6.45) is 0.538. The molecule has 8 heteroatoms. The fourth-order valence-corrected chi connectivity index (χ4v) is 3.87. The van der Waals surface area contributed by atoms with Crippen LogP contribution in [-0.4, -0.2) is 62.8 Å².